The molecule has 0 aliphatic carbocycles. The fraction of sp³-hybridized carbons (Fsp3) is 0.556. The predicted molar refractivity (Wildman–Crippen MR) is 108 cm³/mol. The Morgan fingerprint density at radius 3 is 2.24 bits per heavy atom. The number of thioether (sulfide) groups is 1. The summed E-state index contributed by atoms with van der Waals surface area (Å²) in [6.07, 6.45) is 0.808. The maximum Gasteiger partial charge on any atom is 0.235 e. The van der Waals surface area contributed by atoms with Gasteiger partial charge in [0.2, 0.25) is 11.8 Å². The molecule has 0 aromatic heterocycles. The van der Waals surface area contributed by atoms with Crippen LogP contribution < -0.4 is 11.1 Å². The zero-order valence-electron chi connectivity index (χ0n) is 15.6. The van der Waals surface area contributed by atoms with Crippen LogP contribution in [0.15, 0.2) is 29.2 Å². The van der Waals surface area contributed by atoms with Crippen LogP contribution in [0, 0.1) is 5.92 Å². The van der Waals surface area contributed by atoms with E-state index in [1.165, 1.54) is 18.7 Å². The van der Waals surface area contributed by atoms with Gasteiger partial charge in [-0.1, -0.05) is 13.8 Å². The number of benzene rings is 1. The Bertz CT molecular complexity index is 552. The van der Waals surface area contributed by atoms with Gasteiger partial charge in [0.15, 0.2) is 0 Å². The molecule has 0 bridgehead atoms. The third kappa shape index (κ3) is 8.61. The molecule has 5 nitrogen and oxygen atoms in total. The number of nitrogens with two attached hydrogens (primary N) is 1. The molecule has 142 valence electrons. The summed E-state index contributed by atoms with van der Waals surface area (Å²) >= 11 is 1.51. The molecule has 0 aliphatic heterocycles. The fourth-order valence-corrected chi connectivity index (χ4v) is 3.15. The van der Waals surface area contributed by atoms with Gasteiger partial charge in [-0.3, -0.25) is 9.59 Å². The van der Waals surface area contributed by atoms with Gasteiger partial charge in [0.25, 0.3) is 0 Å². The first-order valence-electron chi connectivity index (χ1n) is 8.25. The summed E-state index contributed by atoms with van der Waals surface area (Å²) < 4.78 is 0. The highest BCUT2D eigenvalue weighted by molar-refractivity contribution is 8.00. The first-order valence-corrected chi connectivity index (χ1v) is 9.13. The number of hydrogen-bond acceptors (Lipinski definition) is 4. The van der Waals surface area contributed by atoms with E-state index in [9.17, 15) is 9.59 Å². The van der Waals surface area contributed by atoms with Crippen LogP contribution in [0.4, 0.5) is 5.69 Å². The molecular formula is C18H30ClN3O2S. The van der Waals surface area contributed by atoms with Crippen molar-refractivity contribution in [1.82, 2.24) is 4.90 Å². The summed E-state index contributed by atoms with van der Waals surface area (Å²) in [5.74, 6) is 0.421. The second-order valence-corrected chi connectivity index (χ2v) is 7.84. The van der Waals surface area contributed by atoms with E-state index in [1.54, 1.807) is 4.90 Å². The Morgan fingerprint density at radius 2 is 1.76 bits per heavy atom. The maximum absolute atomic E-state index is 12.4. The Kier molecular flexibility index (Phi) is 10.8. The average Bonchev–Trinajstić information content (AvgIpc) is 2.52. The van der Waals surface area contributed by atoms with Crippen LogP contribution in [0.1, 0.15) is 34.1 Å². The standard InChI is InChI=1S/C18H29N3O2S.ClH/c1-12(2)17(19)10-11-21(5)18(23)13(3)24-16-8-6-15(7-9-16)20-14(4)22;/h6-9,12-13,17H,10-11,19H2,1-5H3,(H,20,22);1H. The summed E-state index contributed by atoms with van der Waals surface area (Å²) in [6.45, 7) is 8.24. The van der Waals surface area contributed by atoms with Crippen molar-refractivity contribution in [2.45, 2.75) is 50.3 Å². The van der Waals surface area contributed by atoms with Gasteiger partial charge < -0.3 is 16.0 Å². The van der Waals surface area contributed by atoms with Crippen LogP contribution in [0.2, 0.25) is 0 Å². The molecule has 0 radical (unpaired) electrons. The maximum atomic E-state index is 12.4. The minimum absolute atomic E-state index is 0. The van der Waals surface area contributed by atoms with Crippen molar-refractivity contribution in [2.24, 2.45) is 11.7 Å². The summed E-state index contributed by atoms with van der Waals surface area (Å²) in [6, 6.07) is 7.62. The Balaban J connectivity index is 0.00000576. The topological polar surface area (TPSA) is 75.4 Å². The van der Waals surface area contributed by atoms with E-state index < -0.39 is 0 Å². The lowest BCUT2D eigenvalue weighted by molar-refractivity contribution is -0.129. The van der Waals surface area contributed by atoms with Gasteiger partial charge in [-0.15, -0.1) is 24.2 Å². The lowest BCUT2D eigenvalue weighted by Gasteiger charge is -2.24. The molecule has 0 saturated carbocycles. The fourth-order valence-electron chi connectivity index (χ4n) is 2.17. The number of halogens is 1. The van der Waals surface area contributed by atoms with Gasteiger partial charge >= 0.3 is 0 Å². The predicted octanol–water partition coefficient (Wildman–Crippen LogP) is 3.38. The summed E-state index contributed by atoms with van der Waals surface area (Å²) in [5, 5.41) is 2.56. The molecule has 0 saturated heterocycles. The number of carbonyl (C=O) groups excluding carboxylic acids is 2. The van der Waals surface area contributed by atoms with Crippen molar-refractivity contribution in [3.8, 4) is 0 Å². The summed E-state index contributed by atoms with van der Waals surface area (Å²) in [5.41, 5.74) is 6.80. The van der Waals surface area contributed by atoms with Crippen LogP contribution >= 0.6 is 24.2 Å². The molecule has 7 heteroatoms. The van der Waals surface area contributed by atoms with Gasteiger partial charge in [0, 0.05) is 37.1 Å². The van der Waals surface area contributed by atoms with Crippen LogP contribution in [0.5, 0.6) is 0 Å². The van der Waals surface area contributed by atoms with E-state index in [1.807, 2.05) is 38.2 Å². The SMILES string of the molecule is CC(=O)Nc1ccc(SC(C)C(=O)N(C)CCC(N)C(C)C)cc1.Cl. The van der Waals surface area contributed by atoms with Crippen molar-refractivity contribution in [2.75, 3.05) is 18.9 Å². The van der Waals surface area contributed by atoms with E-state index in [-0.39, 0.29) is 35.5 Å². The number of nitrogens with one attached hydrogen (secondary N) is 1. The third-order valence-corrected chi connectivity index (χ3v) is 4.97. The highest BCUT2D eigenvalue weighted by Gasteiger charge is 2.19. The molecule has 0 spiro atoms. The summed E-state index contributed by atoms with van der Waals surface area (Å²) in [7, 11) is 1.83. The lowest BCUT2D eigenvalue weighted by Crippen LogP contribution is -2.37. The van der Waals surface area contributed by atoms with Crippen molar-refractivity contribution in [3.63, 3.8) is 0 Å². The lowest BCUT2D eigenvalue weighted by atomic mass is 10.0. The van der Waals surface area contributed by atoms with Crippen molar-refractivity contribution < 1.29 is 9.59 Å². The highest BCUT2D eigenvalue weighted by Crippen LogP contribution is 2.25. The van der Waals surface area contributed by atoms with Crippen molar-refractivity contribution >= 4 is 41.7 Å². The minimum atomic E-state index is -0.170. The van der Waals surface area contributed by atoms with E-state index in [2.05, 4.69) is 19.2 Å². The monoisotopic (exact) mass is 387 g/mol. The van der Waals surface area contributed by atoms with E-state index >= 15 is 0 Å². The molecule has 0 fully saturated rings. The summed E-state index contributed by atoms with van der Waals surface area (Å²) in [4.78, 5) is 26.2. The molecule has 1 rings (SSSR count). The highest BCUT2D eigenvalue weighted by atomic mass is 35.5. The van der Waals surface area contributed by atoms with Crippen LogP contribution in [0.3, 0.4) is 0 Å². The molecule has 1 aromatic carbocycles. The van der Waals surface area contributed by atoms with E-state index in [0.717, 1.165) is 17.0 Å². The number of hydrogen-bond donors (Lipinski definition) is 2. The van der Waals surface area contributed by atoms with Crippen LogP contribution in [-0.4, -0.2) is 41.6 Å². The zero-order chi connectivity index (χ0) is 18.3. The number of amides is 2. The molecule has 2 unspecified atom stereocenters. The van der Waals surface area contributed by atoms with Crippen LogP contribution in [0.25, 0.3) is 0 Å². The molecule has 2 amide bonds. The van der Waals surface area contributed by atoms with Gasteiger partial charge in [-0.25, -0.2) is 0 Å². The van der Waals surface area contributed by atoms with Crippen molar-refractivity contribution in [1.29, 1.82) is 0 Å². The Labute approximate surface area is 161 Å². The molecule has 25 heavy (non-hydrogen) atoms. The first-order chi connectivity index (χ1) is 11.2. The number of nitrogens with zero attached hydrogens (tertiary/aromatic N) is 1. The molecule has 0 aliphatic rings. The molecule has 2 atom stereocenters. The Hall–Kier alpha value is -1.24. The molecule has 3 N–H and O–H groups in total. The number of rotatable bonds is 8. The van der Waals surface area contributed by atoms with Gasteiger partial charge in [-0.2, -0.15) is 0 Å². The first kappa shape index (κ1) is 23.8. The molecule has 1 aromatic rings. The van der Waals surface area contributed by atoms with Crippen LogP contribution in [-0.2, 0) is 9.59 Å². The molecular weight excluding hydrogens is 358 g/mol. The quantitative estimate of drug-likeness (QED) is 0.670. The van der Waals surface area contributed by atoms with E-state index in [0.29, 0.717) is 12.5 Å². The van der Waals surface area contributed by atoms with Gasteiger partial charge in [0.05, 0.1) is 5.25 Å². The number of anilines is 1. The molecule has 0 heterocycles. The van der Waals surface area contributed by atoms with Gasteiger partial charge in [-0.05, 0) is 43.5 Å². The van der Waals surface area contributed by atoms with E-state index in [4.69, 9.17) is 5.73 Å². The normalized spacial score (nSPS) is 12.9. The average molecular weight is 388 g/mol. The largest absolute Gasteiger partial charge is 0.345 e. The zero-order valence-corrected chi connectivity index (χ0v) is 17.2. The third-order valence-electron chi connectivity index (χ3n) is 3.87. The second-order valence-electron chi connectivity index (χ2n) is 6.42. The van der Waals surface area contributed by atoms with Crippen molar-refractivity contribution in [3.05, 3.63) is 24.3 Å². The smallest absolute Gasteiger partial charge is 0.235 e. The van der Waals surface area contributed by atoms with Gasteiger partial charge in [0.1, 0.15) is 0 Å². The minimum Gasteiger partial charge on any atom is -0.345 e. The second kappa shape index (κ2) is 11.4. The number of carbonyl (C=O) groups is 2. The Morgan fingerprint density at radius 1 is 1.20 bits per heavy atom.